The SMILES string of the molecule is COCCCCN1CCC(C)(CN2CCN(C)CC2)CC1. The van der Waals surface area contributed by atoms with Gasteiger partial charge < -0.3 is 19.4 Å². The molecule has 0 unspecified atom stereocenters. The van der Waals surface area contributed by atoms with Crippen LogP contribution in [0.1, 0.15) is 32.6 Å². The van der Waals surface area contributed by atoms with Crippen molar-refractivity contribution >= 4 is 0 Å². The number of nitrogens with zero attached hydrogens (tertiary/aromatic N) is 3. The number of methoxy groups -OCH3 is 1. The zero-order valence-corrected chi connectivity index (χ0v) is 14.4. The van der Waals surface area contributed by atoms with Gasteiger partial charge in [-0.3, -0.25) is 0 Å². The summed E-state index contributed by atoms with van der Waals surface area (Å²) in [7, 11) is 4.03. The number of piperidine rings is 1. The molecule has 0 saturated carbocycles. The highest BCUT2D eigenvalue weighted by atomic mass is 16.5. The lowest BCUT2D eigenvalue weighted by atomic mass is 9.79. The van der Waals surface area contributed by atoms with Crippen LogP contribution in [0.2, 0.25) is 0 Å². The van der Waals surface area contributed by atoms with E-state index in [0.717, 1.165) is 6.61 Å². The molecule has 2 rings (SSSR count). The molecule has 0 radical (unpaired) electrons. The van der Waals surface area contributed by atoms with Gasteiger partial charge in [0.2, 0.25) is 0 Å². The summed E-state index contributed by atoms with van der Waals surface area (Å²) in [5.41, 5.74) is 0.541. The highest BCUT2D eigenvalue weighted by molar-refractivity contribution is 4.86. The smallest absolute Gasteiger partial charge is 0.0462 e. The van der Waals surface area contributed by atoms with Crippen molar-refractivity contribution in [3.8, 4) is 0 Å². The predicted molar refractivity (Wildman–Crippen MR) is 88.8 cm³/mol. The molecule has 2 saturated heterocycles. The average molecular weight is 297 g/mol. The van der Waals surface area contributed by atoms with Crippen molar-refractivity contribution in [1.82, 2.24) is 14.7 Å². The summed E-state index contributed by atoms with van der Waals surface area (Å²) >= 11 is 0. The fourth-order valence-corrected chi connectivity index (χ4v) is 3.60. The van der Waals surface area contributed by atoms with Crippen LogP contribution >= 0.6 is 0 Å². The Hall–Kier alpha value is -0.160. The third-order valence-corrected chi connectivity index (χ3v) is 5.34. The van der Waals surface area contributed by atoms with Crippen LogP contribution in [-0.2, 0) is 4.74 Å². The van der Waals surface area contributed by atoms with Crippen LogP contribution in [0.15, 0.2) is 0 Å². The second-order valence-electron chi connectivity index (χ2n) is 7.43. The van der Waals surface area contributed by atoms with Gasteiger partial charge in [0.05, 0.1) is 0 Å². The van der Waals surface area contributed by atoms with E-state index in [4.69, 9.17) is 4.74 Å². The molecule has 0 aromatic rings. The van der Waals surface area contributed by atoms with E-state index < -0.39 is 0 Å². The summed E-state index contributed by atoms with van der Waals surface area (Å²) < 4.78 is 5.13. The number of rotatable bonds is 7. The van der Waals surface area contributed by atoms with Gasteiger partial charge in [-0.25, -0.2) is 0 Å². The van der Waals surface area contributed by atoms with Crippen LogP contribution in [0.5, 0.6) is 0 Å². The van der Waals surface area contributed by atoms with Gasteiger partial charge >= 0.3 is 0 Å². The summed E-state index contributed by atoms with van der Waals surface area (Å²) in [5, 5.41) is 0. The molecule has 2 fully saturated rings. The Morgan fingerprint density at radius 3 is 2.19 bits per heavy atom. The van der Waals surface area contributed by atoms with Crippen molar-refractivity contribution in [2.75, 3.05) is 73.1 Å². The third kappa shape index (κ3) is 5.85. The Morgan fingerprint density at radius 1 is 0.905 bits per heavy atom. The Bertz CT molecular complexity index is 282. The van der Waals surface area contributed by atoms with E-state index in [1.165, 1.54) is 78.0 Å². The topological polar surface area (TPSA) is 19.0 Å². The van der Waals surface area contributed by atoms with Crippen LogP contribution in [-0.4, -0.2) is 87.8 Å². The number of unbranched alkanes of at least 4 members (excludes halogenated alkanes) is 1. The molecular formula is C17H35N3O. The Labute approximate surface area is 131 Å². The summed E-state index contributed by atoms with van der Waals surface area (Å²) in [6, 6.07) is 0. The van der Waals surface area contributed by atoms with Crippen molar-refractivity contribution in [3.63, 3.8) is 0 Å². The van der Waals surface area contributed by atoms with E-state index in [9.17, 15) is 0 Å². The minimum atomic E-state index is 0.541. The molecule has 2 aliphatic rings. The number of hydrogen-bond acceptors (Lipinski definition) is 4. The van der Waals surface area contributed by atoms with Gasteiger partial charge in [-0.05, 0) is 57.8 Å². The molecule has 4 nitrogen and oxygen atoms in total. The normalized spacial score (nSPS) is 25.3. The Morgan fingerprint density at radius 2 is 1.57 bits per heavy atom. The highest BCUT2D eigenvalue weighted by Crippen LogP contribution is 2.32. The standard InChI is InChI=1S/C17H35N3O/c1-17(16-20-13-11-18(2)12-14-20)6-9-19(10-7-17)8-4-5-15-21-3/h4-16H2,1-3H3. The lowest BCUT2D eigenvalue weighted by molar-refractivity contribution is 0.0530. The molecule has 0 aliphatic carbocycles. The first kappa shape index (κ1) is 17.2. The molecule has 0 N–H and O–H groups in total. The van der Waals surface area contributed by atoms with Crippen LogP contribution in [0.4, 0.5) is 0 Å². The van der Waals surface area contributed by atoms with E-state index >= 15 is 0 Å². The molecule has 2 aliphatic heterocycles. The first-order valence-corrected chi connectivity index (χ1v) is 8.73. The monoisotopic (exact) mass is 297 g/mol. The lowest BCUT2D eigenvalue weighted by Crippen LogP contribution is -2.50. The summed E-state index contributed by atoms with van der Waals surface area (Å²) in [6.45, 7) is 13.5. The molecule has 0 bridgehead atoms. The van der Waals surface area contributed by atoms with Crippen molar-refractivity contribution in [2.45, 2.75) is 32.6 Å². The first-order valence-electron chi connectivity index (χ1n) is 8.73. The molecule has 0 amide bonds. The summed E-state index contributed by atoms with van der Waals surface area (Å²) in [4.78, 5) is 7.79. The minimum Gasteiger partial charge on any atom is -0.385 e. The number of likely N-dealkylation sites (tertiary alicyclic amines) is 1. The molecule has 0 atom stereocenters. The van der Waals surface area contributed by atoms with Gasteiger partial charge in [0, 0.05) is 46.4 Å². The molecular weight excluding hydrogens is 262 g/mol. The van der Waals surface area contributed by atoms with Gasteiger partial charge in [-0.2, -0.15) is 0 Å². The molecule has 2 heterocycles. The van der Waals surface area contributed by atoms with Gasteiger partial charge in [-0.1, -0.05) is 6.92 Å². The van der Waals surface area contributed by atoms with E-state index in [1.54, 1.807) is 7.11 Å². The molecule has 21 heavy (non-hydrogen) atoms. The fourth-order valence-electron chi connectivity index (χ4n) is 3.60. The van der Waals surface area contributed by atoms with E-state index in [1.807, 2.05) is 0 Å². The summed E-state index contributed by atoms with van der Waals surface area (Å²) in [6.07, 6.45) is 5.21. The van der Waals surface area contributed by atoms with Crippen molar-refractivity contribution in [2.24, 2.45) is 5.41 Å². The number of piperazine rings is 1. The lowest BCUT2D eigenvalue weighted by Gasteiger charge is -2.44. The largest absolute Gasteiger partial charge is 0.385 e. The number of ether oxygens (including phenoxy) is 1. The van der Waals surface area contributed by atoms with Gasteiger partial charge in [0.15, 0.2) is 0 Å². The van der Waals surface area contributed by atoms with Crippen molar-refractivity contribution in [1.29, 1.82) is 0 Å². The predicted octanol–water partition coefficient (Wildman–Crippen LogP) is 1.76. The molecule has 124 valence electrons. The maximum atomic E-state index is 5.13. The van der Waals surface area contributed by atoms with Gasteiger partial charge in [0.1, 0.15) is 0 Å². The fraction of sp³-hybridized carbons (Fsp3) is 1.00. The highest BCUT2D eigenvalue weighted by Gasteiger charge is 2.32. The average Bonchev–Trinajstić information content (AvgIpc) is 2.48. The van der Waals surface area contributed by atoms with Crippen molar-refractivity contribution < 1.29 is 4.74 Å². The Kier molecular flexibility index (Phi) is 6.93. The van der Waals surface area contributed by atoms with Crippen molar-refractivity contribution in [3.05, 3.63) is 0 Å². The molecule has 0 aromatic carbocycles. The quantitative estimate of drug-likeness (QED) is 0.667. The molecule has 0 aromatic heterocycles. The first-order chi connectivity index (χ1) is 10.1. The van der Waals surface area contributed by atoms with Crippen LogP contribution in [0, 0.1) is 5.41 Å². The van der Waals surface area contributed by atoms with Crippen LogP contribution in [0.25, 0.3) is 0 Å². The molecule has 0 spiro atoms. The second kappa shape index (κ2) is 8.47. The maximum Gasteiger partial charge on any atom is 0.0462 e. The second-order valence-corrected chi connectivity index (χ2v) is 7.43. The maximum absolute atomic E-state index is 5.13. The van der Waals surface area contributed by atoms with E-state index in [2.05, 4.69) is 28.7 Å². The number of likely N-dealkylation sites (N-methyl/N-ethyl adjacent to an activating group) is 1. The Balaban J connectivity index is 1.64. The molecule has 4 heteroatoms. The van der Waals surface area contributed by atoms with Crippen LogP contribution < -0.4 is 0 Å². The third-order valence-electron chi connectivity index (χ3n) is 5.34. The zero-order valence-electron chi connectivity index (χ0n) is 14.4. The van der Waals surface area contributed by atoms with Gasteiger partial charge in [0.25, 0.3) is 0 Å². The van der Waals surface area contributed by atoms with Crippen LogP contribution in [0.3, 0.4) is 0 Å². The summed E-state index contributed by atoms with van der Waals surface area (Å²) in [5.74, 6) is 0. The minimum absolute atomic E-state index is 0.541. The number of hydrogen-bond donors (Lipinski definition) is 0. The zero-order chi connectivity index (χ0) is 15.1. The van der Waals surface area contributed by atoms with E-state index in [0.29, 0.717) is 5.41 Å². The van der Waals surface area contributed by atoms with Gasteiger partial charge in [-0.15, -0.1) is 0 Å². The van der Waals surface area contributed by atoms with E-state index in [-0.39, 0.29) is 0 Å².